The fourth-order valence-electron chi connectivity index (χ4n) is 2.24. The molecule has 0 aliphatic heterocycles. The van der Waals surface area contributed by atoms with Gasteiger partial charge in [0.1, 0.15) is 0 Å². The second-order valence-corrected chi connectivity index (χ2v) is 6.87. The number of nitrogens with one attached hydrogen (secondary N) is 1. The Hall–Kier alpha value is -1.26. The van der Waals surface area contributed by atoms with Crippen molar-refractivity contribution in [2.45, 2.75) is 46.1 Å². The fourth-order valence-corrected chi connectivity index (χ4v) is 2.99. The molecule has 0 bridgehead atoms. The van der Waals surface area contributed by atoms with E-state index in [2.05, 4.69) is 66.9 Å². The first-order valence-electron chi connectivity index (χ1n) is 7.06. The van der Waals surface area contributed by atoms with Gasteiger partial charge in [0, 0.05) is 0 Å². The van der Waals surface area contributed by atoms with Crippen molar-refractivity contribution in [3.63, 3.8) is 0 Å². The van der Waals surface area contributed by atoms with Crippen molar-refractivity contribution in [1.29, 1.82) is 0 Å². The zero-order valence-corrected chi connectivity index (χ0v) is 13.7. The van der Waals surface area contributed by atoms with Crippen LogP contribution in [0.3, 0.4) is 0 Å². The van der Waals surface area contributed by atoms with Crippen LogP contribution in [0.25, 0.3) is 0 Å². The zero-order valence-electron chi connectivity index (χ0n) is 12.9. The Bertz CT molecular complexity index is 552. The predicted octanol–water partition coefficient (Wildman–Crippen LogP) is 3.84. The molecule has 108 valence electrons. The van der Waals surface area contributed by atoms with Gasteiger partial charge in [-0.15, -0.1) is 5.10 Å². The SMILES string of the molecule is CCNC(c1ccc(C(C)(C)C)cc1)c1snnc1C. The lowest BCUT2D eigenvalue weighted by Crippen LogP contribution is -2.22. The summed E-state index contributed by atoms with van der Waals surface area (Å²) in [4.78, 5) is 1.20. The summed E-state index contributed by atoms with van der Waals surface area (Å²) in [5, 5.41) is 7.66. The van der Waals surface area contributed by atoms with E-state index in [0.717, 1.165) is 12.2 Å². The highest BCUT2D eigenvalue weighted by Gasteiger charge is 2.19. The molecule has 20 heavy (non-hydrogen) atoms. The van der Waals surface area contributed by atoms with E-state index in [1.54, 1.807) is 0 Å². The van der Waals surface area contributed by atoms with Crippen molar-refractivity contribution in [3.8, 4) is 0 Å². The van der Waals surface area contributed by atoms with Gasteiger partial charge < -0.3 is 5.32 Å². The van der Waals surface area contributed by atoms with Gasteiger partial charge in [-0.3, -0.25) is 0 Å². The molecule has 1 N–H and O–H groups in total. The minimum atomic E-state index is 0.189. The molecule has 0 fully saturated rings. The van der Waals surface area contributed by atoms with E-state index in [0.29, 0.717) is 0 Å². The summed E-state index contributed by atoms with van der Waals surface area (Å²) in [5.41, 5.74) is 3.83. The third kappa shape index (κ3) is 3.25. The second kappa shape index (κ2) is 6.02. The van der Waals surface area contributed by atoms with Gasteiger partial charge in [-0.1, -0.05) is 56.4 Å². The van der Waals surface area contributed by atoms with Gasteiger partial charge in [0.05, 0.1) is 16.6 Å². The average molecular weight is 289 g/mol. The topological polar surface area (TPSA) is 37.8 Å². The van der Waals surface area contributed by atoms with Crippen LogP contribution in [-0.4, -0.2) is 16.1 Å². The number of hydrogen-bond acceptors (Lipinski definition) is 4. The molecule has 0 spiro atoms. The van der Waals surface area contributed by atoms with Gasteiger partial charge in [-0.25, -0.2) is 0 Å². The van der Waals surface area contributed by atoms with Gasteiger partial charge in [0.15, 0.2) is 0 Å². The molecule has 1 atom stereocenters. The number of hydrogen-bond donors (Lipinski definition) is 1. The molecule has 3 nitrogen and oxygen atoms in total. The maximum atomic E-state index is 4.13. The molecule has 4 heteroatoms. The molecule has 0 radical (unpaired) electrons. The van der Waals surface area contributed by atoms with E-state index in [4.69, 9.17) is 0 Å². The van der Waals surface area contributed by atoms with E-state index in [1.165, 1.54) is 27.5 Å². The van der Waals surface area contributed by atoms with Crippen LogP contribution < -0.4 is 5.32 Å². The van der Waals surface area contributed by atoms with Crippen molar-refractivity contribution in [2.75, 3.05) is 6.54 Å². The minimum Gasteiger partial charge on any atom is -0.306 e. The third-order valence-corrected chi connectivity index (χ3v) is 4.36. The van der Waals surface area contributed by atoms with E-state index >= 15 is 0 Å². The van der Waals surface area contributed by atoms with Crippen LogP contribution in [0.2, 0.25) is 0 Å². The summed E-state index contributed by atoms with van der Waals surface area (Å²) in [7, 11) is 0. The number of benzene rings is 1. The molecule has 1 unspecified atom stereocenters. The summed E-state index contributed by atoms with van der Waals surface area (Å²) in [5.74, 6) is 0. The lowest BCUT2D eigenvalue weighted by molar-refractivity contribution is 0.588. The molecule has 1 aromatic carbocycles. The molecule has 1 aromatic heterocycles. The van der Waals surface area contributed by atoms with Crippen LogP contribution in [0.5, 0.6) is 0 Å². The number of nitrogens with zero attached hydrogens (tertiary/aromatic N) is 2. The highest BCUT2D eigenvalue weighted by Crippen LogP contribution is 2.29. The molecule has 1 heterocycles. The maximum absolute atomic E-state index is 4.13. The van der Waals surface area contributed by atoms with Crippen molar-refractivity contribution in [3.05, 3.63) is 46.0 Å². The van der Waals surface area contributed by atoms with E-state index < -0.39 is 0 Å². The Morgan fingerprint density at radius 2 is 1.85 bits per heavy atom. The van der Waals surface area contributed by atoms with E-state index in [-0.39, 0.29) is 11.5 Å². The quantitative estimate of drug-likeness (QED) is 0.929. The summed E-state index contributed by atoms with van der Waals surface area (Å²) in [6.07, 6.45) is 0. The first-order chi connectivity index (χ1) is 9.43. The van der Waals surface area contributed by atoms with Crippen molar-refractivity contribution < 1.29 is 0 Å². The smallest absolute Gasteiger partial charge is 0.0776 e. The molecule has 0 aliphatic rings. The van der Waals surface area contributed by atoms with Gasteiger partial charge in [-0.05, 0) is 41.5 Å². The van der Waals surface area contributed by atoms with E-state index in [9.17, 15) is 0 Å². The van der Waals surface area contributed by atoms with Gasteiger partial charge in [-0.2, -0.15) is 0 Å². The molecular formula is C16H23N3S. The Morgan fingerprint density at radius 1 is 1.20 bits per heavy atom. The van der Waals surface area contributed by atoms with Crippen LogP contribution in [-0.2, 0) is 5.41 Å². The molecule has 0 aliphatic carbocycles. The first-order valence-corrected chi connectivity index (χ1v) is 7.83. The van der Waals surface area contributed by atoms with Crippen molar-refractivity contribution in [2.24, 2.45) is 0 Å². The van der Waals surface area contributed by atoms with E-state index in [1.807, 2.05) is 6.92 Å². The summed E-state index contributed by atoms with van der Waals surface area (Å²) < 4.78 is 4.06. The third-order valence-electron chi connectivity index (χ3n) is 3.47. The van der Waals surface area contributed by atoms with Gasteiger partial charge in [0.25, 0.3) is 0 Å². The van der Waals surface area contributed by atoms with Crippen molar-refractivity contribution >= 4 is 11.5 Å². The molecule has 0 saturated heterocycles. The average Bonchev–Trinajstić information content (AvgIpc) is 2.81. The highest BCUT2D eigenvalue weighted by atomic mass is 32.1. The minimum absolute atomic E-state index is 0.189. The molecule has 2 aromatic rings. The normalized spacial score (nSPS) is 13.4. The number of aryl methyl sites for hydroxylation is 1. The molecule has 0 amide bonds. The molecular weight excluding hydrogens is 266 g/mol. The zero-order chi connectivity index (χ0) is 14.8. The molecule has 2 rings (SSSR count). The fraction of sp³-hybridized carbons (Fsp3) is 0.500. The Morgan fingerprint density at radius 3 is 2.30 bits per heavy atom. The highest BCUT2D eigenvalue weighted by molar-refractivity contribution is 7.05. The summed E-state index contributed by atoms with van der Waals surface area (Å²) in [6, 6.07) is 9.07. The standard InChI is InChI=1S/C16H23N3S/c1-6-17-14(15-11(2)18-19-20-15)12-7-9-13(10-8-12)16(3,4)5/h7-10,14,17H,6H2,1-5H3. The first kappa shape index (κ1) is 15.1. The van der Waals surface area contributed by atoms with Crippen LogP contribution in [0, 0.1) is 6.92 Å². The van der Waals surface area contributed by atoms with Crippen LogP contribution in [0.15, 0.2) is 24.3 Å². The Balaban J connectivity index is 2.33. The van der Waals surface area contributed by atoms with Crippen molar-refractivity contribution in [1.82, 2.24) is 14.9 Å². The monoisotopic (exact) mass is 289 g/mol. The largest absolute Gasteiger partial charge is 0.306 e. The van der Waals surface area contributed by atoms with Gasteiger partial charge in [0.2, 0.25) is 0 Å². The maximum Gasteiger partial charge on any atom is 0.0776 e. The summed E-state index contributed by atoms with van der Waals surface area (Å²) >= 11 is 1.48. The number of aromatic nitrogens is 2. The molecule has 0 saturated carbocycles. The van der Waals surface area contributed by atoms with Crippen LogP contribution in [0.4, 0.5) is 0 Å². The van der Waals surface area contributed by atoms with Crippen LogP contribution >= 0.6 is 11.5 Å². The van der Waals surface area contributed by atoms with Gasteiger partial charge >= 0.3 is 0 Å². The van der Waals surface area contributed by atoms with Crippen LogP contribution in [0.1, 0.15) is 55.4 Å². The number of rotatable bonds is 4. The Labute approximate surface area is 125 Å². The second-order valence-electron chi connectivity index (χ2n) is 6.09. The Kier molecular flexibility index (Phi) is 4.55. The predicted molar refractivity (Wildman–Crippen MR) is 85.3 cm³/mol. The summed E-state index contributed by atoms with van der Waals surface area (Å²) in [6.45, 7) is 11.8. The lowest BCUT2D eigenvalue weighted by atomic mass is 9.86. The lowest BCUT2D eigenvalue weighted by Gasteiger charge is -2.21.